The lowest BCUT2D eigenvalue weighted by Crippen LogP contribution is -2.36. The van der Waals surface area contributed by atoms with Crippen LogP contribution in [0.5, 0.6) is 0 Å². The zero-order chi connectivity index (χ0) is 21.7. The Morgan fingerprint density at radius 3 is 2.33 bits per heavy atom. The Bertz CT molecular complexity index is 1060. The van der Waals surface area contributed by atoms with Crippen molar-refractivity contribution in [2.75, 3.05) is 22.1 Å². The standard InChI is InChI=1S/C20H20ClN7O2/c1-3-28(20(22)30)18-8-17(26-14-6-4-13(21)5-7-14)16(11-25-18)19(29)27-15-9-23-12(2)24-10-15/h4-11H,3H2,1-2H3,(H2,22,30)(H,25,26)(H,27,29). The van der Waals surface area contributed by atoms with Gasteiger partial charge < -0.3 is 16.4 Å². The number of urea groups is 1. The van der Waals surface area contributed by atoms with Crippen LogP contribution in [0.3, 0.4) is 0 Å². The lowest BCUT2D eigenvalue weighted by molar-refractivity contribution is 0.102. The molecule has 2 heterocycles. The molecule has 0 radical (unpaired) electrons. The average Bonchev–Trinajstić information content (AvgIpc) is 2.72. The van der Waals surface area contributed by atoms with Crippen LogP contribution in [0.15, 0.2) is 48.9 Å². The summed E-state index contributed by atoms with van der Waals surface area (Å²) in [6, 6.07) is 7.92. The summed E-state index contributed by atoms with van der Waals surface area (Å²) >= 11 is 5.95. The molecule has 30 heavy (non-hydrogen) atoms. The van der Waals surface area contributed by atoms with E-state index in [-0.39, 0.29) is 5.56 Å². The van der Waals surface area contributed by atoms with Gasteiger partial charge in [0.05, 0.1) is 29.3 Å². The zero-order valence-corrected chi connectivity index (χ0v) is 17.1. The van der Waals surface area contributed by atoms with Crippen molar-refractivity contribution in [1.29, 1.82) is 0 Å². The molecule has 0 saturated heterocycles. The largest absolute Gasteiger partial charge is 0.355 e. The number of hydrogen-bond donors (Lipinski definition) is 3. The Balaban J connectivity index is 1.97. The second-order valence-corrected chi connectivity index (χ2v) is 6.71. The lowest BCUT2D eigenvalue weighted by Gasteiger charge is -2.20. The first kappa shape index (κ1) is 21.0. The first-order valence-corrected chi connectivity index (χ1v) is 9.44. The minimum Gasteiger partial charge on any atom is -0.355 e. The van der Waals surface area contributed by atoms with Crippen LogP contribution in [0.2, 0.25) is 5.02 Å². The Labute approximate surface area is 178 Å². The molecule has 3 amide bonds. The average molecular weight is 426 g/mol. The van der Waals surface area contributed by atoms with Gasteiger partial charge in [0.25, 0.3) is 5.91 Å². The predicted molar refractivity (Wildman–Crippen MR) is 116 cm³/mol. The number of aryl methyl sites for hydroxylation is 1. The van der Waals surface area contributed by atoms with Crippen LogP contribution in [0.4, 0.5) is 27.7 Å². The molecule has 0 aliphatic carbocycles. The predicted octanol–water partition coefficient (Wildman–Crippen LogP) is 3.73. The summed E-state index contributed by atoms with van der Waals surface area (Å²) in [7, 11) is 0. The van der Waals surface area contributed by atoms with Crippen LogP contribution >= 0.6 is 11.6 Å². The maximum atomic E-state index is 12.9. The van der Waals surface area contributed by atoms with E-state index in [9.17, 15) is 9.59 Å². The van der Waals surface area contributed by atoms with Gasteiger partial charge in [-0.1, -0.05) is 11.6 Å². The van der Waals surface area contributed by atoms with Gasteiger partial charge in [-0.25, -0.2) is 19.7 Å². The number of rotatable bonds is 6. The van der Waals surface area contributed by atoms with Crippen molar-refractivity contribution in [3.8, 4) is 0 Å². The number of carbonyl (C=O) groups is 2. The molecule has 0 aliphatic heterocycles. The van der Waals surface area contributed by atoms with Crippen LogP contribution in [0.1, 0.15) is 23.1 Å². The smallest absolute Gasteiger partial charge is 0.320 e. The molecule has 3 rings (SSSR count). The van der Waals surface area contributed by atoms with Crippen molar-refractivity contribution >= 4 is 46.4 Å². The van der Waals surface area contributed by atoms with Crippen molar-refractivity contribution in [3.05, 3.63) is 65.3 Å². The summed E-state index contributed by atoms with van der Waals surface area (Å²) in [5.74, 6) is 0.493. The van der Waals surface area contributed by atoms with Crippen molar-refractivity contribution in [1.82, 2.24) is 15.0 Å². The number of carbonyl (C=O) groups excluding carboxylic acids is 2. The molecule has 0 saturated carbocycles. The number of benzene rings is 1. The number of pyridine rings is 1. The van der Waals surface area contributed by atoms with E-state index in [0.29, 0.717) is 40.3 Å². The molecule has 9 nitrogen and oxygen atoms in total. The highest BCUT2D eigenvalue weighted by Gasteiger charge is 2.18. The number of nitrogens with two attached hydrogens (primary N) is 1. The number of anilines is 4. The second-order valence-electron chi connectivity index (χ2n) is 6.28. The van der Waals surface area contributed by atoms with Crippen molar-refractivity contribution in [2.45, 2.75) is 13.8 Å². The Morgan fingerprint density at radius 2 is 1.73 bits per heavy atom. The van der Waals surface area contributed by atoms with Gasteiger partial charge in [0.2, 0.25) is 0 Å². The van der Waals surface area contributed by atoms with Crippen LogP contribution in [0.25, 0.3) is 0 Å². The quantitative estimate of drug-likeness (QED) is 0.552. The third-order valence-corrected chi connectivity index (χ3v) is 4.41. The molecular formula is C20H20ClN7O2. The van der Waals surface area contributed by atoms with Gasteiger partial charge in [-0.2, -0.15) is 0 Å². The highest BCUT2D eigenvalue weighted by Crippen LogP contribution is 2.26. The minimum absolute atomic E-state index is 0.259. The molecule has 0 spiro atoms. The first-order valence-electron chi connectivity index (χ1n) is 9.07. The van der Waals surface area contributed by atoms with Crippen LogP contribution in [-0.4, -0.2) is 33.4 Å². The van der Waals surface area contributed by atoms with E-state index >= 15 is 0 Å². The minimum atomic E-state index is -0.642. The summed E-state index contributed by atoms with van der Waals surface area (Å²) in [4.78, 5) is 38.2. The molecule has 0 unspecified atom stereocenters. The highest BCUT2D eigenvalue weighted by atomic mass is 35.5. The van der Waals surface area contributed by atoms with E-state index in [1.807, 2.05) is 0 Å². The Morgan fingerprint density at radius 1 is 1.07 bits per heavy atom. The molecule has 0 fully saturated rings. The number of nitrogens with zero attached hydrogens (tertiary/aromatic N) is 4. The third-order valence-electron chi connectivity index (χ3n) is 4.15. The van der Waals surface area contributed by atoms with Crippen molar-refractivity contribution < 1.29 is 9.59 Å². The van der Waals surface area contributed by atoms with Crippen molar-refractivity contribution in [3.63, 3.8) is 0 Å². The van der Waals surface area contributed by atoms with E-state index in [4.69, 9.17) is 17.3 Å². The molecule has 0 bridgehead atoms. The Kier molecular flexibility index (Phi) is 6.43. The highest BCUT2D eigenvalue weighted by molar-refractivity contribution is 6.30. The maximum absolute atomic E-state index is 12.9. The maximum Gasteiger partial charge on any atom is 0.320 e. The molecule has 10 heteroatoms. The van der Waals surface area contributed by atoms with E-state index < -0.39 is 11.9 Å². The van der Waals surface area contributed by atoms with E-state index in [2.05, 4.69) is 25.6 Å². The van der Waals surface area contributed by atoms with Gasteiger partial charge in [0.1, 0.15) is 11.6 Å². The van der Waals surface area contributed by atoms with Gasteiger partial charge in [-0.15, -0.1) is 0 Å². The van der Waals surface area contributed by atoms with Crippen LogP contribution in [-0.2, 0) is 0 Å². The molecule has 0 atom stereocenters. The van der Waals surface area contributed by atoms with Crippen LogP contribution in [0, 0.1) is 6.92 Å². The zero-order valence-electron chi connectivity index (χ0n) is 16.4. The van der Waals surface area contributed by atoms with Gasteiger partial charge in [0, 0.05) is 29.5 Å². The topological polar surface area (TPSA) is 126 Å². The second kappa shape index (κ2) is 9.19. The fourth-order valence-electron chi connectivity index (χ4n) is 2.65. The summed E-state index contributed by atoms with van der Waals surface area (Å²) < 4.78 is 0. The SMILES string of the molecule is CCN(C(N)=O)c1cc(Nc2ccc(Cl)cc2)c(C(=O)Nc2cnc(C)nc2)cn1. The Hall–Kier alpha value is -3.72. The van der Waals surface area contributed by atoms with Gasteiger partial charge in [-0.05, 0) is 38.1 Å². The van der Waals surface area contributed by atoms with E-state index in [1.54, 1.807) is 44.2 Å². The third kappa shape index (κ3) is 5.00. The number of primary amides is 1. The van der Waals surface area contributed by atoms with Gasteiger partial charge in [-0.3, -0.25) is 9.69 Å². The summed E-state index contributed by atoms with van der Waals surface area (Å²) in [5.41, 5.74) is 7.27. The number of halogens is 1. The molecule has 2 aromatic heterocycles. The normalized spacial score (nSPS) is 10.4. The molecular weight excluding hydrogens is 406 g/mol. The van der Waals surface area contributed by atoms with E-state index in [0.717, 1.165) is 0 Å². The summed E-state index contributed by atoms with van der Waals surface area (Å²) in [6.45, 7) is 3.85. The number of hydrogen-bond acceptors (Lipinski definition) is 6. The molecule has 0 aliphatic rings. The molecule has 3 aromatic rings. The molecule has 1 aromatic carbocycles. The van der Waals surface area contributed by atoms with Gasteiger partial charge in [0.15, 0.2) is 0 Å². The summed E-state index contributed by atoms with van der Waals surface area (Å²) in [6.07, 6.45) is 4.41. The number of amides is 3. The number of aromatic nitrogens is 3. The monoisotopic (exact) mass is 425 g/mol. The molecule has 4 N–H and O–H groups in total. The summed E-state index contributed by atoms with van der Waals surface area (Å²) in [5, 5.41) is 6.48. The lowest BCUT2D eigenvalue weighted by atomic mass is 10.2. The first-order chi connectivity index (χ1) is 14.4. The fraction of sp³-hybridized carbons (Fsp3) is 0.150. The number of nitrogens with one attached hydrogen (secondary N) is 2. The molecule has 154 valence electrons. The van der Waals surface area contributed by atoms with Crippen molar-refractivity contribution in [2.24, 2.45) is 5.73 Å². The fourth-order valence-corrected chi connectivity index (χ4v) is 2.78. The van der Waals surface area contributed by atoms with Crippen LogP contribution < -0.4 is 21.3 Å². The van der Waals surface area contributed by atoms with Gasteiger partial charge >= 0.3 is 6.03 Å². The van der Waals surface area contributed by atoms with E-state index in [1.165, 1.54) is 23.5 Å².